The van der Waals surface area contributed by atoms with Gasteiger partial charge in [-0.25, -0.2) is 0 Å². The van der Waals surface area contributed by atoms with Crippen LogP contribution in [0.15, 0.2) is 66.7 Å². The molecule has 0 saturated heterocycles. The van der Waals surface area contributed by atoms with Gasteiger partial charge in [0.25, 0.3) is 5.91 Å². The lowest BCUT2D eigenvalue weighted by Gasteiger charge is -2.32. The molecule has 1 aliphatic rings. The van der Waals surface area contributed by atoms with E-state index in [-0.39, 0.29) is 11.9 Å². The first-order valence-corrected chi connectivity index (χ1v) is 10.8. The summed E-state index contributed by atoms with van der Waals surface area (Å²) in [7, 11) is 6.25. The molecule has 4 rings (SSSR count). The predicted octanol–water partition coefficient (Wildman–Crippen LogP) is 3.72. The van der Waals surface area contributed by atoms with Gasteiger partial charge in [-0.3, -0.25) is 9.59 Å². The summed E-state index contributed by atoms with van der Waals surface area (Å²) in [4.78, 5) is 26.1. The molecule has 1 heterocycles. The first kappa shape index (κ1) is 21.7. The van der Waals surface area contributed by atoms with E-state index in [4.69, 9.17) is 12.6 Å². The van der Waals surface area contributed by atoms with Crippen LogP contribution in [-0.2, 0) is 16.0 Å². The van der Waals surface area contributed by atoms with E-state index in [2.05, 4.69) is 10.2 Å². The van der Waals surface area contributed by atoms with Gasteiger partial charge in [-0.05, 0) is 47.7 Å². The van der Waals surface area contributed by atoms with E-state index >= 15 is 0 Å². The summed E-state index contributed by atoms with van der Waals surface area (Å²) < 4.78 is 5.10. The smallest absolute Gasteiger partial charge is 0.302 e. The van der Waals surface area contributed by atoms with Crippen LogP contribution >= 0.6 is 0 Å². The number of fused-ring (bicyclic) bond motifs is 1. The summed E-state index contributed by atoms with van der Waals surface area (Å²) in [5, 5.41) is 2.95. The van der Waals surface area contributed by atoms with Crippen LogP contribution in [-0.4, -0.2) is 39.4 Å². The lowest BCUT2D eigenvalue weighted by Crippen LogP contribution is -2.34. The molecule has 1 aliphatic heterocycles. The van der Waals surface area contributed by atoms with Crippen LogP contribution in [0.4, 0.5) is 11.4 Å². The fourth-order valence-corrected chi connectivity index (χ4v) is 4.01. The minimum absolute atomic E-state index is 0.210. The van der Waals surface area contributed by atoms with Crippen molar-refractivity contribution in [1.82, 2.24) is 0 Å². The maximum absolute atomic E-state index is 12.9. The Morgan fingerprint density at radius 2 is 1.75 bits per heavy atom. The number of anilines is 2. The second-order valence-corrected chi connectivity index (χ2v) is 7.90. The maximum atomic E-state index is 12.9. The minimum Gasteiger partial charge on any atom is -0.464 e. The number of carbonyl (C=O) groups is 2. The van der Waals surface area contributed by atoms with Crippen LogP contribution in [0, 0.1) is 0 Å². The molecule has 32 heavy (non-hydrogen) atoms. The molecule has 0 aromatic heterocycles. The SMILES string of the molecule is [B]c1cc2c(cc1NC(=O)c1ccc(-c3ccccc3)cc1)N(CCOC(C)=O)CCC2. The molecular weight excluding hydrogens is 399 g/mol. The van der Waals surface area contributed by atoms with Crippen molar-refractivity contribution in [2.24, 2.45) is 0 Å². The highest BCUT2D eigenvalue weighted by molar-refractivity contribution is 6.37. The Morgan fingerprint density at radius 3 is 2.47 bits per heavy atom. The number of hydrogen-bond acceptors (Lipinski definition) is 4. The van der Waals surface area contributed by atoms with Gasteiger partial charge in [0.05, 0.1) is 6.54 Å². The van der Waals surface area contributed by atoms with Crippen LogP contribution in [0.1, 0.15) is 29.3 Å². The number of ether oxygens (including phenoxy) is 1. The van der Waals surface area contributed by atoms with Crippen molar-refractivity contribution in [3.63, 3.8) is 0 Å². The van der Waals surface area contributed by atoms with Crippen molar-refractivity contribution in [2.45, 2.75) is 19.8 Å². The van der Waals surface area contributed by atoms with E-state index < -0.39 is 0 Å². The van der Waals surface area contributed by atoms with Gasteiger partial charge in [-0.15, -0.1) is 0 Å². The van der Waals surface area contributed by atoms with Crippen molar-refractivity contribution < 1.29 is 14.3 Å². The zero-order valence-corrected chi connectivity index (χ0v) is 18.1. The van der Waals surface area contributed by atoms with E-state index in [9.17, 15) is 9.59 Å². The zero-order valence-electron chi connectivity index (χ0n) is 18.1. The Hall–Kier alpha value is -3.54. The number of esters is 1. The highest BCUT2D eigenvalue weighted by Gasteiger charge is 2.19. The quantitative estimate of drug-likeness (QED) is 0.484. The van der Waals surface area contributed by atoms with Crippen molar-refractivity contribution in [1.29, 1.82) is 0 Å². The summed E-state index contributed by atoms with van der Waals surface area (Å²) in [5.74, 6) is -0.496. The number of amides is 1. The Kier molecular flexibility index (Phi) is 6.59. The summed E-state index contributed by atoms with van der Waals surface area (Å²) in [6.07, 6.45) is 1.94. The number of nitrogens with one attached hydrogen (secondary N) is 1. The van der Waals surface area contributed by atoms with Crippen molar-refractivity contribution in [2.75, 3.05) is 29.9 Å². The highest BCUT2D eigenvalue weighted by Crippen LogP contribution is 2.29. The maximum Gasteiger partial charge on any atom is 0.302 e. The molecule has 0 fully saturated rings. The average Bonchev–Trinajstić information content (AvgIpc) is 2.80. The lowest BCUT2D eigenvalue weighted by molar-refractivity contribution is -0.140. The van der Waals surface area contributed by atoms with E-state index in [0.29, 0.717) is 29.9 Å². The van der Waals surface area contributed by atoms with E-state index in [0.717, 1.165) is 41.8 Å². The molecular formula is C26H25BN2O3. The molecule has 5 nitrogen and oxygen atoms in total. The summed E-state index contributed by atoms with van der Waals surface area (Å²) in [6, 6.07) is 21.4. The molecule has 0 saturated carbocycles. The monoisotopic (exact) mass is 424 g/mol. The highest BCUT2D eigenvalue weighted by atomic mass is 16.5. The Labute approximate surface area is 189 Å². The fourth-order valence-electron chi connectivity index (χ4n) is 4.01. The third-order valence-corrected chi connectivity index (χ3v) is 5.63. The fraction of sp³-hybridized carbons (Fsp3) is 0.231. The summed E-state index contributed by atoms with van der Waals surface area (Å²) in [6.45, 7) is 3.21. The Bertz CT molecular complexity index is 1110. The van der Waals surface area contributed by atoms with Crippen LogP contribution in [0.3, 0.4) is 0 Å². The molecule has 2 radical (unpaired) electrons. The molecule has 0 aliphatic carbocycles. The Morgan fingerprint density at radius 1 is 1.03 bits per heavy atom. The molecule has 3 aromatic rings. The predicted molar refractivity (Wildman–Crippen MR) is 129 cm³/mol. The Balaban J connectivity index is 1.50. The second-order valence-electron chi connectivity index (χ2n) is 7.90. The molecule has 1 amide bonds. The normalized spacial score (nSPS) is 12.7. The van der Waals surface area contributed by atoms with Gasteiger partial charge >= 0.3 is 5.97 Å². The van der Waals surface area contributed by atoms with Gasteiger partial charge in [0.1, 0.15) is 14.5 Å². The summed E-state index contributed by atoms with van der Waals surface area (Å²) in [5.41, 5.74) is 6.01. The van der Waals surface area contributed by atoms with Crippen LogP contribution in [0.25, 0.3) is 11.1 Å². The molecule has 0 unspecified atom stereocenters. The van der Waals surface area contributed by atoms with Gasteiger partial charge in [0.2, 0.25) is 0 Å². The van der Waals surface area contributed by atoms with Crippen LogP contribution in [0.5, 0.6) is 0 Å². The van der Waals surface area contributed by atoms with Crippen molar-refractivity contribution in [3.8, 4) is 11.1 Å². The number of aryl methyl sites for hydroxylation is 1. The van der Waals surface area contributed by atoms with Crippen molar-refractivity contribution in [3.05, 3.63) is 77.9 Å². The van der Waals surface area contributed by atoms with E-state index in [1.165, 1.54) is 6.92 Å². The first-order valence-electron chi connectivity index (χ1n) is 10.8. The number of rotatable bonds is 6. The lowest BCUT2D eigenvalue weighted by atomic mass is 9.88. The van der Waals surface area contributed by atoms with Gasteiger partial charge in [0.15, 0.2) is 0 Å². The van der Waals surface area contributed by atoms with E-state index in [1.54, 1.807) is 0 Å². The second kappa shape index (κ2) is 9.73. The third-order valence-electron chi connectivity index (χ3n) is 5.63. The number of hydrogen-bond donors (Lipinski definition) is 1. The molecule has 0 spiro atoms. The molecule has 0 atom stereocenters. The first-order chi connectivity index (χ1) is 15.5. The van der Waals surface area contributed by atoms with Gasteiger partial charge in [0, 0.05) is 30.4 Å². The topological polar surface area (TPSA) is 58.6 Å². The minimum atomic E-state index is -0.286. The van der Waals surface area contributed by atoms with Crippen molar-refractivity contribution >= 4 is 36.6 Å². The van der Waals surface area contributed by atoms with Crippen LogP contribution in [0.2, 0.25) is 0 Å². The number of benzene rings is 3. The van der Waals surface area contributed by atoms with Gasteiger partial charge in [-0.1, -0.05) is 54.0 Å². The number of nitrogens with zero attached hydrogens (tertiary/aromatic N) is 1. The molecule has 160 valence electrons. The van der Waals surface area contributed by atoms with E-state index in [1.807, 2.05) is 66.7 Å². The third kappa shape index (κ3) is 5.02. The average molecular weight is 424 g/mol. The standard InChI is InChI=1S/C26H25BN2O3/c1-18(30)32-15-14-29-13-5-8-22-16-23(27)24(17-25(22)29)28-26(31)21-11-9-20(10-12-21)19-6-3-2-4-7-19/h2-4,6-7,9-12,16-17H,5,8,13-15H2,1H3,(H,28,31). The largest absolute Gasteiger partial charge is 0.464 e. The number of carbonyl (C=O) groups excluding carboxylic acids is 2. The van der Waals surface area contributed by atoms with Crippen LogP contribution < -0.4 is 15.7 Å². The molecule has 1 N–H and O–H groups in total. The molecule has 0 bridgehead atoms. The molecule has 3 aromatic carbocycles. The van der Waals surface area contributed by atoms with Gasteiger partial charge in [-0.2, -0.15) is 0 Å². The molecule has 6 heteroatoms. The summed E-state index contributed by atoms with van der Waals surface area (Å²) >= 11 is 0. The zero-order chi connectivity index (χ0) is 22.5. The van der Waals surface area contributed by atoms with Gasteiger partial charge < -0.3 is 15.0 Å².